The lowest BCUT2D eigenvalue weighted by Crippen LogP contribution is -2.22. The zero-order chi connectivity index (χ0) is 18.6. The number of carbonyl (C=O) groups is 1. The molecular formula is C21H20FN3OS. The van der Waals surface area contributed by atoms with Crippen LogP contribution in [0.25, 0.3) is 11.4 Å². The van der Waals surface area contributed by atoms with Crippen LogP contribution >= 0.6 is 11.8 Å². The molecule has 1 fully saturated rings. The quantitative estimate of drug-likeness (QED) is 0.641. The van der Waals surface area contributed by atoms with E-state index in [-0.39, 0.29) is 11.1 Å². The van der Waals surface area contributed by atoms with E-state index in [0.29, 0.717) is 24.6 Å². The third-order valence-corrected chi connectivity index (χ3v) is 6.05. The molecule has 1 aromatic heterocycles. The van der Waals surface area contributed by atoms with Crippen molar-refractivity contribution in [3.05, 3.63) is 66.0 Å². The van der Waals surface area contributed by atoms with Crippen molar-refractivity contribution < 1.29 is 9.18 Å². The largest absolute Gasteiger partial charge is 0.298 e. The van der Waals surface area contributed by atoms with Gasteiger partial charge in [-0.15, -0.1) is 10.2 Å². The second kappa shape index (κ2) is 8.05. The topological polar surface area (TPSA) is 47.8 Å². The van der Waals surface area contributed by atoms with Gasteiger partial charge in [0.15, 0.2) is 11.0 Å². The first kappa shape index (κ1) is 17.9. The number of halogens is 1. The number of benzene rings is 2. The molecule has 1 saturated carbocycles. The van der Waals surface area contributed by atoms with Crippen LogP contribution in [0.1, 0.15) is 31.2 Å². The summed E-state index contributed by atoms with van der Waals surface area (Å²) >= 11 is 1.50. The molecule has 1 atom stereocenters. The van der Waals surface area contributed by atoms with Gasteiger partial charge in [-0.2, -0.15) is 0 Å². The van der Waals surface area contributed by atoms with Gasteiger partial charge in [0.1, 0.15) is 11.6 Å². The molecule has 0 saturated heterocycles. The molecule has 138 valence electrons. The number of Topliss-reactive ketones (excluding diaryl/α,β-unsaturated/α-hetero) is 1. The average Bonchev–Trinajstić information content (AvgIpc) is 3.07. The summed E-state index contributed by atoms with van der Waals surface area (Å²) in [5.74, 6) is 0.698. The first-order valence-corrected chi connectivity index (χ1v) is 10.0. The van der Waals surface area contributed by atoms with Crippen molar-refractivity contribution in [2.24, 2.45) is 0 Å². The van der Waals surface area contributed by atoms with E-state index < -0.39 is 0 Å². The molecule has 2 aromatic carbocycles. The maximum atomic E-state index is 13.3. The van der Waals surface area contributed by atoms with E-state index in [0.717, 1.165) is 35.5 Å². The van der Waals surface area contributed by atoms with Crippen LogP contribution in [0.2, 0.25) is 0 Å². The standard InChI is InChI=1S/C21H20FN3OS/c22-17-12-10-16(11-13-17)20-23-24-21(27-19-9-5-4-8-18(19)26)25(20)14-15-6-2-1-3-7-15/h1-3,6-7,10-13,19H,4-5,8-9,14H2/t19-/m1/s1. The molecule has 4 nitrogen and oxygen atoms in total. The van der Waals surface area contributed by atoms with Gasteiger partial charge in [0.05, 0.1) is 11.8 Å². The van der Waals surface area contributed by atoms with Crippen molar-refractivity contribution in [3.63, 3.8) is 0 Å². The minimum absolute atomic E-state index is 0.0569. The number of ketones is 1. The van der Waals surface area contributed by atoms with E-state index in [1.165, 1.54) is 23.9 Å². The van der Waals surface area contributed by atoms with Gasteiger partial charge in [-0.1, -0.05) is 48.5 Å². The van der Waals surface area contributed by atoms with Crippen molar-refractivity contribution in [3.8, 4) is 11.4 Å². The average molecular weight is 381 g/mol. The fourth-order valence-electron chi connectivity index (χ4n) is 3.30. The third kappa shape index (κ3) is 4.11. The van der Waals surface area contributed by atoms with Gasteiger partial charge < -0.3 is 0 Å². The highest BCUT2D eigenvalue weighted by atomic mass is 32.2. The zero-order valence-electron chi connectivity index (χ0n) is 14.8. The Hall–Kier alpha value is -2.47. The maximum absolute atomic E-state index is 13.3. The van der Waals surface area contributed by atoms with Crippen LogP contribution in [0, 0.1) is 5.82 Å². The molecule has 0 unspecified atom stereocenters. The molecular weight excluding hydrogens is 361 g/mol. The van der Waals surface area contributed by atoms with E-state index in [1.54, 1.807) is 12.1 Å². The Morgan fingerprint density at radius 3 is 2.56 bits per heavy atom. The first-order valence-electron chi connectivity index (χ1n) is 9.13. The molecule has 27 heavy (non-hydrogen) atoms. The first-order chi connectivity index (χ1) is 13.2. The molecule has 0 radical (unpaired) electrons. The Morgan fingerprint density at radius 2 is 1.81 bits per heavy atom. The van der Waals surface area contributed by atoms with Gasteiger partial charge in [-0.25, -0.2) is 4.39 Å². The summed E-state index contributed by atoms with van der Waals surface area (Å²) in [7, 11) is 0. The van der Waals surface area contributed by atoms with Crippen molar-refractivity contribution in [2.45, 2.75) is 42.6 Å². The van der Waals surface area contributed by atoms with Crippen molar-refractivity contribution in [2.75, 3.05) is 0 Å². The summed E-state index contributed by atoms with van der Waals surface area (Å²) in [5.41, 5.74) is 1.93. The Bertz CT molecular complexity index is 924. The summed E-state index contributed by atoms with van der Waals surface area (Å²) in [4.78, 5) is 12.3. The van der Waals surface area contributed by atoms with Crippen LogP contribution in [0.15, 0.2) is 59.8 Å². The summed E-state index contributed by atoms with van der Waals surface area (Å²) in [6.45, 7) is 0.601. The third-order valence-electron chi connectivity index (χ3n) is 4.75. The van der Waals surface area contributed by atoms with Gasteiger partial charge in [0.2, 0.25) is 0 Å². The van der Waals surface area contributed by atoms with Crippen LogP contribution in [0.4, 0.5) is 4.39 Å². The number of nitrogens with zero attached hydrogens (tertiary/aromatic N) is 3. The highest BCUT2D eigenvalue weighted by Gasteiger charge is 2.26. The number of hydrogen-bond donors (Lipinski definition) is 0. The Labute approximate surface area is 161 Å². The number of carbonyl (C=O) groups excluding carboxylic acids is 1. The van der Waals surface area contributed by atoms with Gasteiger partial charge in [-0.3, -0.25) is 9.36 Å². The van der Waals surface area contributed by atoms with Crippen molar-refractivity contribution in [1.82, 2.24) is 14.8 Å². The SMILES string of the molecule is O=C1CCCC[C@H]1Sc1nnc(-c2ccc(F)cc2)n1Cc1ccccc1. The predicted octanol–water partition coefficient (Wildman–Crippen LogP) is 4.74. The van der Waals surface area contributed by atoms with Crippen molar-refractivity contribution in [1.29, 1.82) is 0 Å². The Morgan fingerprint density at radius 1 is 1.04 bits per heavy atom. The molecule has 3 aromatic rings. The summed E-state index contributed by atoms with van der Waals surface area (Å²) < 4.78 is 15.3. The molecule has 1 aliphatic carbocycles. The van der Waals surface area contributed by atoms with Gasteiger partial charge in [0, 0.05) is 12.0 Å². The summed E-state index contributed by atoms with van der Waals surface area (Å²) in [6.07, 6.45) is 3.58. The van der Waals surface area contributed by atoms with Gasteiger partial charge in [-0.05, 0) is 42.7 Å². The lowest BCUT2D eigenvalue weighted by atomic mass is 9.99. The van der Waals surface area contributed by atoms with Crippen molar-refractivity contribution >= 4 is 17.5 Å². The number of aromatic nitrogens is 3. The van der Waals surface area contributed by atoms with Gasteiger partial charge in [0.25, 0.3) is 0 Å². The van der Waals surface area contributed by atoms with Gasteiger partial charge >= 0.3 is 0 Å². The lowest BCUT2D eigenvalue weighted by Gasteiger charge is -2.20. The molecule has 6 heteroatoms. The minimum atomic E-state index is -0.282. The van der Waals surface area contributed by atoms with E-state index in [1.807, 2.05) is 22.8 Å². The fourth-order valence-corrected chi connectivity index (χ4v) is 4.45. The highest BCUT2D eigenvalue weighted by molar-refractivity contribution is 8.00. The molecule has 0 spiro atoms. The monoisotopic (exact) mass is 381 g/mol. The number of rotatable bonds is 5. The smallest absolute Gasteiger partial charge is 0.192 e. The van der Waals surface area contributed by atoms with Crippen LogP contribution in [0.3, 0.4) is 0 Å². The van der Waals surface area contributed by atoms with Crippen LogP contribution in [-0.2, 0) is 11.3 Å². The number of thioether (sulfide) groups is 1. The molecule has 0 aliphatic heterocycles. The maximum Gasteiger partial charge on any atom is 0.192 e. The normalized spacial score (nSPS) is 17.2. The second-order valence-electron chi connectivity index (χ2n) is 6.70. The van der Waals surface area contributed by atoms with E-state index >= 15 is 0 Å². The molecule has 0 N–H and O–H groups in total. The highest BCUT2D eigenvalue weighted by Crippen LogP contribution is 2.33. The Kier molecular flexibility index (Phi) is 5.34. The predicted molar refractivity (Wildman–Crippen MR) is 104 cm³/mol. The second-order valence-corrected chi connectivity index (χ2v) is 7.87. The molecule has 4 rings (SSSR count). The molecule has 1 heterocycles. The minimum Gasteiger partial charge on any atom is -0.298 e. The summed E-state index contributed by atoms with van der Waals surface area (Å²) in [5, 5.41) is 9.41. The van der Waals surface area contributed by atoms with Crippen LogP contribution in [0.5, 0.6) is 0 Å². The fraction of sp³-hybridized carbons (Fsp3) is 0.286. The van der Waals surface area contributed by atoms with Crippen LogP contribution in [-0.4, -0.2) is 25.8 Å². The molecule has 0 bridgehead atoms. The molecule has 0 amide bonds. The number of hydrogen-bond acceptors (Lipinski definition) is 4. The van der Waals surface area contributed by atoms with Crippen LogP contribution < -0.4 is 0 Å². The van der Waals surface area contributed by atoms with E-state index in [4.69, 9.17) is 0 Å². The summed E-state index contributed by atoms with van der Waals surface area (Å²) in [6, 6.07) is 16.3. The molecule has 1 aliphatic rings. The zero-order valence-corrected chi connectivity index (χ0v) is 15.7. The lowest BCUT2D eigenvalue weighted by molar-refractivity contribution is -0.119. The Balaban J connectivity index is 1.69. The van der Waals surface area contributed by atoms with E-state index in [9.17, 15) is 9.18 Å². The van der Waals surface area contributed by atoms with E-state index in [2.05, 4.69) is 22.3 Å².